The highest BCUT2D eigenvalue weighted by atomic mass is 16.7. The number of benzene rings is 1. The fourth-order valence-electron chi connectivity index (χ4n) is 2.97. The van der Waals surface area contributed by atoms with Gasteiger partial charge >= 0.3 is 0 Å². The Morgan fingerprint density at radius 2 is 2.00 bits per heavy atom. The first-order valence-electron chi connectivity index (χ1n) is 7.95. The van der Waals surface area contributed by atoms with E-state index in [0.29, 0.717) is 19.4 Å². The lowest BCUT2D eigenvalue weighted by Gasteiger charge is -2.47. The van der Waals surface area contributed by atoms with Crippen molar-refractivity contribution in [2.45, 2.75) is 64.8 Å². The van der Waals surface area contributed by atoms with Crippen LogP contribution < -0.4 is 0 Å². The van der Waals surface area contributed by atoms with Crippen molar-refractivity contribution < 1.29 is 19.3 Å². The van der Waals surface area contributed by atoms with Gasteiger partial charge in [-0.1, -0.05) is 44.2 Å². The predicted molar refractivity (Wildman–Crippen MR) is 85.4 cm³/mol. The Morgan fingerprint density at radius 1 is 1.32 bits per heavy atom. The SMILES string of the molecule is CO[C@H]1C[C@@H](OCc2ccccc2)C(C)(C)[C@@H](C[C@H](C)O)O1. The van der Waals surface area contributed by atoms with Crippen LogP contribution in [-0.4, -0.2) is 36.8 Å². The largest absolute Gasteiger partial charge is 0.393 e. The highest BCUT2D eigenvalue weighted by Crippen LogP contribution is 2.40. The van der Waals surface area contributed by atoms with Crippen molar-refractivity contribution in [1.82, 2.24) is 0 Å². The first kappa shape index (κ1) is 17.4. The molecule has 22 heavy (non-hydrogen) atoms. The summed E-state index contributed by atoms with van der Waals surface area (Å²) < 4.78 is 17.6. The average Bonchev–Trinajstić information content (AvgIpc) is 2.48. The highest BCUT2D eigenvalue weighted by molar-refractivity contribution is 5.13. The molecule has 1 saturated heterocycles. The van der Waals surface area contributed by atoms with Crippen molar-refractivity contribution in [1.29, 1.82) is 0 Å². The monoisotopic (exact) mass is 308 g/mol. The van der Waals surface area contributed by atoms with Gasteiger partial charge < -0.3 is 19.3 Å². The molecular weight excluding hydrogens is 280 g/mol. The van der Waals surface area contributed by atoms with E-state index in [2.05, 4.69) is 26.0 Å². The second-order valence-electron chi connectivity index (χ2n) is 6.72. The van der Waals surface area contributed by atoms with Crippen molar-refractivity contribution in [2.24, 2.45) is 5.41 Å². The normalized spacial score (nSPS) is 29.2. The summed E-state index contributed by atoms with van der Waals surface area (Å²) >= 11 is 0. The lowest BCUT2D eigenvalue weighted by atomic mass is 9.75. The van der Waals surface area contributed by atoms with Crippen LogP contribution in [0.1, 0.15) is 39.2 Å². The van der Waals surface area contributed by atoms with Gasteiger partial charge in [0, 0.05) is 18.9 Å². The van der Waals surface area contributed by atoms with Gasteiger partial charge in [0.2, 0.25) is 0 Å². The molecule has 0 amide bonds. The molecule has 1 fully saturated rings. The Kier molecular flexibility index (Phi) is 5.98. The number of rotatable bonds is 6. The smallest absolute Gasteiger partial charge is 0.160 e. The van der Waals surface area contributed by atoms with Crippen LogP contribution in [0.5, 0.6) is 0 Å². The quantitative estimate of drug-likeness (QED) is 0.877. The molecule has 0 saturated carbocycles. The van der Waals surface area contributed by atoms with E-state index in [4.69, 9.17) is 14.2 Å². The molecule has 1 aromatic carbocycles. The minimum Gasteiger partial charge on any atom is -0.393 e. The van der Waals surface area contributed by atoms with Gasteiger partial charge in [-0.15, -0.1) is 0 Å². The second-order valence-corrected chi connectivity index (χ2v) is 6.72. The third-order valence-electron chi connectivity index (χ3n) is 4.49. The summed E-state index contributed by atoms with van der Waals surface area (Å²) in [6.07, 6.45) is 0.527. The summed E-state index contributed by atoms with van der Waals surface area (Å²) in [4.78, 5) is 0. The van der Waals surface area contributed by atoms with Crippen molar-refractivity contribution in [2.75, 3.05) is 7.11 Å². The maximum absolute atomic E-state index is 9.73. The zero-order valence-electron chi connectivity index (χ0n) is 14.0. The van der Waals surface area contributed by atoms with E-state index in [-0.39, 0.29) is 23.9 Å². The lowest BCUT2D eigenvalue weighted by molar-refractivity contribution is -0.264. The van der Waals surface area contributed by atoms with Crippen LogP contribution in [0.15, 0.2) is 30.3 Å². The summed E-state index contributed by atoms with van der Waals surface area (Å²) in [5.74, 6) is 0. The van der Waals surface area contributed by atoms with Crippen LogP contribution in [0.3, 0.4) is 0 Å². The van der Waals surface area contributed by atoms with Crippen molar-refractivity contribution in [3.8, 4) is 0 Å². The Labute approximate surface area is 133 Å². The Bertz CT molecular complexity index is 444. The minimum absolute atomic E-state index is 0.0233. The van der Waals surface area contributed by atoms with Crippen LogP contribution in [0.2, 0.25) is 0 Å². The van der Waals surface area contributed by atoms with Gasteiger partial charge in [0.1, 0.15) is 0 Å². The zero-order chi connectivity index (χ0) is 16.2. The molecular formula is C18H28O4. The summed E-state index contributed by atoms with van der Waals surface area (Å²) in [5.41, 5.74) is 0.978. The molecule has 1 aliphatic heterocycles. The summed E-state index contributed by atoms with van der Waals surface area (Å²) in [7, 11) is 1.65. The number of methoxy groups -OCH3 is 1. The van der Waals surface area contributed by atoms with Crippen LogP contribution in [-0.2, 0) is 20.8 Å². The summed E-state index contributed by atoms with van der Waals surface area (Å²) in [5, 5.41) is 9.73. The predicted octanol–water partition coefficient (Wildman–Crippen LogP) is 3.13. The van der Waals surface area contributed by atoms with E-state index >= 15 is 0 Å². The van der Waals surface area contributed by atoms with Gasteiger partial charge in [-0.05, 0) is 18.9 Å². The molecule has 0 bridgehead atoms. The van der Waals surface area contributed by atoms with Crippen molar-refractivity contribution >= 4 is 0 Å². The molecule has 0 aliphatic carbocycles. The van der Waals surface area contributed by atoms with Crippen LogP contribution in [0, 0.1) is 5.41 Å². The van der Waals surface area contributed by atoms with Crippen LogP contribution in [0.4, 0.5) is 0 Å². The highest BCUT2D eigenvalue weighted by Gasteiger charge is 2.46. The zero-order valence-corrected chi connectivity index (χ0v) is 14.0. The lowest BCUT2D eigenvalue weighted by Crippen LogP contribution is -2.52. The number of aliphatic hydroxyl groups is 1. The molecule has 1 aromatic rings. The standard InChI is InChI=1S/C18H28O4/c1-13(19)10-16-18(2,3)15(11-17(20-4)22-16)21-12-14-8-6-5-7-9-14/h5-9,13,15-17,19H,10-12H2,1-4H3/t13-,15+,16+,17+/m0/s1. The Morgan fingerprint density at radius 3 is 2.59 bits per heavy atom. The Hall–Kier alpha value is -0.940. The second kappa shape index (κ2) is 7.55. The third-order valence-corrected chi connectivity index (χ3v) is 4.49. The van der Waals surface area contributed by atoms with Crippen LogP contribution >= 0.6 is 0 Å². The molecule has 0 unspecified atom stereocenters. The van der Waals surface area contributed by atoms with E-state index in [1.807, 2.05) is 18.2 Å². The molecule has 4 nitrogen and oxygen atoms in total. The van der Waals surface area contributed by atoms with Crippen molar-refractivity contribution in [3.63, 3.8) is 0 Å². The van der Waals surface area contributed by atoms with Gasteiger partial charge in [0.15, 0.2) is 6.29 Å². The minimum atomic E-state index is -0.408. The summed E-state index contributed by atoms with van der Waals surface area (Å²) in [6, 6.07) is 10.2. The molecule has 1 N–H and O–H groups in total. The van der Waals surface area contributed by atoms with Gasteiger partial charge in [-0.25, -0.2) is 0 Å². The fraction of sp³-hybridized carbons (Fsp3) is 0.667. The number of aliphatic hydroxyl groups excluding tert-OH is 1. The van der Waals surface area contributed by atoms with Gasteiger partial charge in [0.05, 0.1) is 24.9 Å². The third kappa shape index (κ3) is 4.29. The van der Waals surface area contributed by atoms with Crippen LogP contribution in [0.25, 0.3) is 0 Å². The average molecular weight is 308 g/mol. The number of hydrogen-bond acceptors (Lipinski definition) is 4. The van der Waals surface area contributed by atoms with E-state index in [1.165, 1.54) is 0 Å². The molecule has 4 heteroatoms. The molecule has 0 spiro atoms. The maximum atomic E-state index is 9.73. The first-order chi connectivity index (χ1) is 10.4. The van der Waals surface area contributed by atoms with Gasteiger partial charge in [0.25, 0.3) is 0 Å². The van der Waals surface area contributed by atoms with E-state index in [1.54, 1.807) is 14.0 Å². The van der Waals surface area contributed by atoms with Crippen molar-refractivity contribution in [3.05, 3.63) is 35.9 Å². The molecule has 1 heterocycles. The summed E-state index contributed by atoms with van der Waals surface area (Å²) in [6.45, 7) is 6.64. The topological polar surface area (TPSA) is 47.9 Å². The number of hydrogen-bond donors (Lipinski definition) is 1. The molecule has 124 valence electrons. The Balaban J connectivity index is 2.06. The fourth-order valence-corrected chi connectivity index (χ4v) is 2.97. The molecule has 0 aromatic heterocycles. The van der Waals surface area contributed by atoms with Gasteiger partial charge in [-0.3, -0.25) is 0 Å². The van der Waals surface area contributed by atoms with Gasteiger partial charge in [-0.2, -0.15) is 0 Å². The molecule has 0 radical (unpaired) electrons. The van der Waals surface area contributed by atoms with E-state index in [0.717, 1.165) is 5.56 Å². The number of ether oxygens (including phenoxy) is 3. The molecule has 2 rings (SSSR count). The first-order valence-corrected chi connectivity index (χ1v) is 7.95. The van der Waals surface area contributed by atoms with E-state index < -0.39 is 6.10 Å². The molecule has 1 aliphatic rings. The molecule has 4 atom stereocenters. The van der Waals surface area contributed by atoms with E-state index in [9.17, 15) is 5.11 Å². The maximum Gasteiger partial charge on any atom is 0.160 e.